The van der Waals surface area contributed by atoms with Crippen LogP contribution >= 0.6 is 0 Å². The van der Waals surface area contributed by atoms with Crippen molar-refractivity contribution in [1.82, 2.24) is 16.0 Å². The van der Waals surface area contributed by atoms with E-state index in [1.54, 1.807) is 20.8 Å². The van der Waals surface area contributed by atoms with Gasteiger partial charge in [-0.15, -0.1) is 0 Å². The SMILES string of the molecule is CCC(C)C(N)C(=O)NC(CC(=O)O)C(=O)NC(C(=O)NC(CC(C)C)C(=O)O)C(C)C. The zero-order valence-corrected chi connectivity index (χ0v) is 19.7. The van der Waals surface area contributed by atoms with Crippen molar-refractivity contribution in [3.05, 3.63) is 0 Å². The molecule has 0 aliphatic heterocycles. The molecule has 32 heavy (non-hydrogen) atoms. The number of hydrogen-bond acceptors (Lipinski definition) is 6. The Balaban J connectivity index is 5.48. The van der Waals surface area contributed by atoms with Crippen LogP contribution in [-0.2, 0) is 24.0 Å². The van der Waals surface area contributed by atoms with E-state index >= 15 is 0 Å². The van der Waals surface area contributed by atoms with Crippen molar-refractivity contribution in [1.29, 1.82) is 0 Å². The molecule has 0 rings (SSSR count). The first-order chi connectivity index (χ1) is 14.7. The Hall–Kier alpha value is -2.69. The Morgan fingerprint density at radius 1 is 0.812 bits per heavy atom. The van der Waals surface area contributed by atoms with Gasteiger partial charge in [0.25, 0.3) is 0 Å². The van der Waals surface area contributed by atoms with Crippen LogP contribution in [0.25, 0.3) is 0 Å². The van der Waals surface area contributed by atoms with Gasteiger partial charge in [-0.25, -0.2) is 4.79 Å². The summed E-state index contributed by atoms with van der Waals surface area (Å²) < 4.78 is 0. The lowest BCUT2D eigenvalue weighted by atomic mass is 9.98. The molecule has 0 aliphatic rings. The van der Waals surface area contributed by atoms with Gasteiger partial charge >= 0.3 is 11.9 Å². The van der Waals surface area contributed by atoms with Gasteiger partial charge in [-0.05, 0) is 24.2 Å². The Kier molecular flexibility index (Phi) is 12.5. The molecule has 0 bridgehead atoms. The van der Waals surface area contributed by atoms with Gasteiger partial charge in [-0.2, -0.15) is 0 Å². The highest BCUT2D eigenvalue weighted by molar-refractivity contribution is 5.95. The van der Waals surface area contributed by atoms with Crippen LogP contribution in [0.2, 0.25) is 0 Å². The van der Waals surface area contributed by atoms with Crippen LogP contribution < -0.4 is 21.7 Å². The molecule has 5 unspecified atom stereocenters. The van der Waals surface area contributed by atoms with Gasteiger partial charge in [0, 0.05) is 0 Å². The fourth-order valence-corrected chi connectivity index (χ4v) is 2.91. The minimum atomic E-state index is -1.45. The second kappa shape index (κ2) is 13.7. The van der Waals surface area contributed by atoms with Crippen LogP contribution in [0.5, 0.6) is 0 Å². The van der Waals surface area contributed by atoms with Crippen LogP contribution in [0.15, 0.2) is 0 Å². The number of carbonyl (C=O) groups is 5. The summed E-state index contributed by atoms with van der Waals surface area (Å²) in [6, 6.07) is -4.65. The first-order valence-electron chi connectivity index (χ1n) is 10.8. The normalized spacial score (nSPS) is 15.9. The zero-order chi connectivity index (χ0) is 25.2. The highest BCUT2D eigenvalue weighted by atomic mass is 16.4. The third-order valence-corrected chi connectivity index (χ3v) is 5.14. The number of carboxylic acid groups (broad SMARTS) is 2. The average Bonchev–Trinajstić information content (AvgIpc) is 2.68. The molecule has 0 aromatic rings. The van der Waals surface area contributed by atoms with Crippen molar-refractivity contribution >= 4 is 29.7 Å². The lowest BCUT2D eigenvalue weighted by molar-refractivity contribution is -0.144. The maximum absolute atomic E-state index is 12.8. The van der Waals surface area contributed by atoms with Gasteiger partial charge in [0.05, 0.1) is 12.5 Å². The summed E-state index contributed by atoms with van der Waals surface area (Å²) in [5, 5.41) is 25.7. The van der Waals surface area contributed by atoms with E-state index in [1.165, 1.54) is 0 Å². The van der Waals surface area contributed by atoms with Gasteiger partial charge in [0.15, 0.2) is 0 Å². The van der Waals surface area contributed by atoms with Crippen LogP contribution in [-0.4, -0.2) is 64.0 Å². The predicted octanol–water partition coefficient (Wildman–Crippen LogP) is 0.0756. The van der Waals surface area contributed by atoms with E-state index in [2.05, 4.69) is 16.0 Å². The topological polar surface area (TPSA) is 188 Å². The minimum Gasteiger partial charge on any atom is -0.481 e. The van der Waals surface area contributed by atoms with Crippen LogP contribution in [0.1, 0.15) is 60.8 Å². The molecule has 0 aromatic heterocycles. The molecule has 0 radical (unpaired) electrons. The summed E-state index contributed by atoms with van der Waals surface area (Å²) in [5.41, 5.74) is 5.86. The molecule has 184 valence electrons. The van der Waals surface area contributed by atoms with E-state index in [0.717, 1.165) is 0 Å². The molecule has 0 spiro atoms. The third-order valence-electron chi connectivity index (χ3n) is 5.14. The largest absolute Gasteiger partial charge is 0.481 e. The molecule has 3 amide bonds. The number of carboxylic acids is 2. The summed E-state index contributed by atoms with van der Waals surface area (Å²) in [6.07, 6.45) is 0.106. The van der Waals surface area contributed by atoms with E-state index in [9.17, 15) is 29.1 Å². The fraction of sp³-hybridized carbons (Fsp3) is 0.762. The van der Waals surface area contributed by atoms with Gasteiger partial charge < -0.3 is 31.9 Å². The highest BCUT2D eigenvalue weighted by Crippen LogP contribution is 2.09. The number of nitrogens with two attached hydrogens (primary N) is 1. The molecule has 11 heteroatoms. The molecular formula is C21H38N4O7. The minimum absolute atomic E-state index is 0.00775. The molecule has 0 fully saturated rings. The Labute approximate surface area is 188 Å². The Morgan fingerprint density at radius 2 is 1.34 bits per heavy atom. The van der Waals surface area contributed by atoms with E-state index in [1.807, 2.05) is 20.8 Å². The molecule has 5 atom stereocenters. The first-order valence-corrected chi connectivity index (χ1v) is 10.8. The quantitative estimate of drug-likeness (QED) is 0.211. The molecule has 11 nitrogen and oxygen atoms in total. The van der Waals surface area contributed by atoms with Crippen molar-refractivity contribution in [2.75, 3.05) is 0 Å². The van der Waals surface area contributed by atoms with Crippen LogP contribution in [0.3, 0.4) is 0 Å². The zero-order valence-electron chi connectivity index (χ0n) is 19.7. The van der Waals surface area contributed by atoms with E-state index < -0.39 is 66.2 Å². The summed E-state index contributed by atoms with van der Waals surface area (Å²) in [5.74, 6) is -5.39. The molecule has 0 aliphatic carbocycles. The average molecular weight is 459 g/mol. The summed E-state index contributed by atoms with van der Waals surface area (Å²) in [6.45, 7) is 10.5. The monoisotopic (exact) mass is 458 g/mol. The molecule has 0 saturated carbocycles. The molecule has 0 saturated heterocycles. The summed E-state index contributed by atoms with van der Waals surface area (Å²) >= 11 is 0. The van der Waals surface area contributed by atoms with Gasteiger partial charge in [-0.1, -0.05) is 48.0 Å². The maximum Gasteiger partial charge on any atom is 0.326 e. The number of carbonyl (C=O) groups excluding carboxylic acids is 3. The molecule has 7 N–H and O–H groups in total. The van der Waals surface area contributed by atoms with Gasteiger partial charge in [0.1, 0.15) is 18.1 Å². The molecule has 0 aromatic carbocycles. The van der Waals surface area contributed by atoms with Crippen molar-refractivity contribution in [3.63, 3.8) is 0 Å². The highest BCUT2D eigenvalue weighted by Gasteiger charge is 2.33. The second-order valence-corrected chi connectivity index (χ2v) is 8.83. The fourth-order valence-electron chi connectivity index (χ4n) is 2.91. The number of aliphatic carboxylic acids is 2. The molecular weight excluding hydrogens is 420 g/mol. The summed E-state index contributed by atoms with van der Waals surface area (Å²) in [7, 11) is 0. The standard InChI is InChI=1S/C21H38N4O7/c1-7-12(6)16(22)19(29)23-13(9-15(26)27)18(28)25-17(11(4)5)20(30)24-14(21(31)32)8-10(2)3/h10-14,16-17H,7-9,22H2,1-6H3,(H,23,29)(H,24,30)(H,25,28)(H,26,27)(H,31,32). The van der Waals surface area contributed by atoms with E-state index in [-0.39, 0.29) is 18.3 Å². The smallest absolute Gasteiger partial charge is 0.326 e. The van der Waals surface area contributed by atoms with Crippen LogP contribution in [0.4, 0.5) is 0 Å². The van der Waals surface area contributed by atoms with Crippen molar-refractivity contribution < 1.29 is 34.2 Å². The lowest BCUT2D eigenvalue weighted by Gasteiger charge is -2.27. The maximum atomic E-state index is 12.8. The predicted molar refractivity (Wildman–Crippen MR) is 117 cm³/mol. The van der Waals surface area contributed by atoms with Gasteiger partial charge in [-0.3, -0.25) is 19.2 Å². The van der Waals surface area contributed by atoms with E-state index in [4.69, 9.17) is 10.8 Å². The number of nitrogens with one attached hydrogen (secondary N) is 3. The van der Waals surface area contributed by atoms with E-state index in [0.29, 0.717) is 6.42 Å². The first kappa shape index (κ1) is 29.3. The Bertz CT molecular complexity index is 681. The van der Waals surface area contributed by atoms with Crippen molar-refractivity contribution in [3.8, 4) is 0 Å². The Morgan fingerprint density at radius 3 is 1.75 bits per heavy atom. The lowest BCUT2D eigenvalue weighted by Crippen LogP contribution is -2.59. The van der Waals surface area contributed by atoms with Gasteiger partial charge in [0.2, 0.25) is 17.7 Å². The second-order valence-electron chi connectivity index (χ2n) is 8.83. The number of rotatable bonds is 14. The van der Waals surface area contributed by atoms with Crippen molar-refractivity contribution in [2.45, 2.75) is 85.0 Å². The third kappa shape index (κ3) is 10.1. The molecule has 0 heterocycles. The summed E-state index contributed by atoms with van der Waals surface area (Å²) in [4.78, 5) is 60.5. The van der Waals surface area contributed by atoms with Crippen LogP contribution in [0, 0.1) is 17.8 Å². The van der Waals surface area contributed by atoms with Crippen molar-refractivity contribution in [2.24, 2.45) is 23.5 Å². The number of amides is 3. The number of hydrogen-bond donors (Lipinski definition) is 6.